The number of likely N-dealkylation sites (N-methyl/N-ethyl adjacent to an activating group) is 1. The van der Waals surface area contributed by atoms with Gasteiger partial charge in [-0.25, -0.2) is 0 Å². The van der Waals surface area contributed by atoms with Gasteiger partial charge in [0.1, 0.15) is 12.4 Å². The zero-order valence-corrected chi connectivity index (χ0v) is 19.0. The van der Waals surface area contributed by atoms with E-state index in [0.717, 1.165) is 27.1 Å². The Kier molecular flexibility index (Phi) is 6.64. The van der Waals surface area contributed by atoms with Gasteiger partial charge in [-0.1, -0.05) is 60.1 Å². The summed E-state index contributed by atoms with van der Waals surface area (Å²) in [5.74, 6) is 0.688. The van der Waals surface area contributed by atoms with Crippen LogP contribution in [0.4, 0.5) is 0 Å². The second kappa shape index (κ2) is 9.58. The maximum absolute atomic E-state index is 13.0. The molecule has 3 aromatic rings. The van der Waals surface area contributed by atoms with E-state index in [-0.39, 0.29) is 5.91 Å². The fourth-order valence-electron chi connectivity index (χ4n) is 3.49. The maximum atomic E-state index is 13.0. The van der Waals surface area contributed by atoms with Crippen LogP contribution in [0.5, 0.6) is 5.75 Å². The van der Waals surface area contributed by atoms with Gasteiger partial charge in [0.2, 0.25) is 0 Å². The molecular weight excluding hydrogens is 428 g/mol. The molecule has 4 nitrogen and oxygen atoms in total. The minimum absolute atomic E-state index is 0.0234. The standard InChI is InChI=1S/C25H23ClN2O2S/c1-3-27-25-28(4-2)24(29)23(31-25)15-20-19-11-7-5-9-17(19)13-14-22(20)30-16-18-10-6-8-12-21(18)26/h5-15H,3-4,16H2,1-2H3/b23-15+,27-25?. The van der Waals surface area contributed by atoms with Crippen molar-refractivity contribution in [2.75, 3.05) is 13.1 Å². The van der Waals surface area contributed by atoms with E-state index in [1.165, 1.54) is 11.8 Å². The summed E-state index contributed by atoms with van der Waals surface area (Å²) < 4.78 is 6.19. The predicted octanol–water partition coefficient (Wildman–Crippen LogP) is 6.38. The van der Waals surface area contributed by atoms with Crippen LogP contribution in [0.3, 0.4) is 0 Å². The first-order valence-electron chi connectivity index (χ1n) is 10.3. The fourth-order valence-corrected chi connectivity index (χ4v) is 4.77. The first kappa shape index (κ1) is 21.5. The Morgan fingerprint density at radius 2 is 1.84 bits per heavy atom. The van der Waals surface area contributed by atoms with Crippen molar-refractivity contribution in [3.8, 4) is 5.75 Å². The number of carbonyl (C=O) groups is 1. The van der Waals surface area contributed by atoms with Crippen molar-refractivity contribution in [2.24, 2.45) is 4.99 Å². The third-order valence-electron chi connectivity index (χ3n) is 5.04. The minimum Gasteiger partial charge on any atom is -0.488 e. The van der Waals surface area contributed by atoms with Crippen LogP contribution in [0.15, 0.2) is 70.6 Å². The smallest absolute Gasteiger partial charge is 0.266 e. The van der Waals surface area contributed by atoms with E-state index in [9.17, 15) is 4.79 Å². The van der Waals surface area contributed by atoms with Crippen LogP contribution < -0.4 is 4.74 Å². The lowest BCUT2D eigenvalue weighted by Crippen LogP contribution is -2.28. The van der Waals surface area contributed by atoms with Crippen molar-refractivity contribution in [3.63, 3.8) is 0 Å². The van der Waals surface area contributed by atoms with Gasteiger partial charge < -0.3 is 4.74 Å². The van der Waals surface area contributed by atoms with E-state index in [4.69, 9.17) is 16.3 Å². The van der Waals surface area contributed by atoms with Gasteiger partial charge in [0.15, 0.2) is 5.17 Å². The average Bonchev–Trinajstić information content (AvgIpc) is 3.08. The van der Waals surface area contributed by atoms with Crippen molar-refractivity contribution in [3.05, 3.63) is 81.7 Å². The summed E-state index contributed by atoms with van der Waals surface area (Å²) in [5, 5.41) is 3.54. The Balaban J connectivity index is 1.76. The van der Waals surface area contributed by atoms with Crippen LogP contribution in [0.1, 0.15) is 25.0 Å². The number of thioether (sulfide) groups is 1. The maximum Gasteiger partial charge on any atom is 0.266 e. The van der Waals surface area contributed by atoms with E-state index in [0.29, 0.717) is 35.4 Å². The quantitative estimate of drug-likeness (QED) is 0.409. The molecule has 0 aromatic heterocycles. The third-order valence-corrected chi connectivity index (χ3v) is 6.46. The number of fused-ring (bicyclic) bond motifs is 1. The molecule has 0 atom stereocenters. The molecule has 0 aliphatic carbocycles. The minimum atomic E-state index is -0.0234. The number of halogens is 1. The first-order valence-corrected chi connectivity index (χ1v) is 11.5. The second-order valence-corrected chi connectivity index (χ2v) is 8.41. The van der Waals surface area contributed by atoms with Crippen molar-refractivity contribution in [1.82, 2.24) is 4.90 Å². The van der Waals surface area contributed by atoms with Crippen molar-refractivity contribution in [2.45, 2.75) is 20.5 Å². The SMILES string of the molecule is CCN=C1S/C(=C/c2c(OCc3ccccc3Cl)ccc3ccccc23)C(=O)N1CC. The summed E-state index contributed by atoms with van der Waals surface area (Å²) in [7, 11) is 0. The first-order chi connectivity index (χ1) is 15.1. The highest BCUT2D eigenvalue weighted by atomic mass is 35.5. The summed E-state index contributed by atoms with van der Waals surface area (Å²) in [6, 6.07) is 19.7. The Hall–Kier alpha value is -2.76. The number of nitrogens with zero attached hydrogens (tertiary/aromatic N) is 2. The number of hydrogen-bond donors (Lipinski definition) is 0. The fraction of sp³-hybridized carbons (Fsp3) is 0.200. The van der Waals surface area contributed by atoms with Gasteiger partial charge in [-0.3, -0.25) is 14.7 Å². The Morgan fingerprint density at radius 3 is 2.61 bits per heavy atom. The van der Waals surface area contributed by atoms with Gasteiger partial charge in [-0.05, 0) is 54.6 Å². The molecular formula is C25H23ClN2O2S. The topological polar surface area (TPSA) is 41.9 Å². The highest BCUT2D eigenvalue weighted by molar-refractivity contribution is 8.18. The van der Waals surface area contributed by atoms with Gasteiger partial charge in [-0.15, -0.1) is 0 Å². The summed E-state index contributed by atoms with van der Waals surface area (Å²) in [6.07, 6.45) is 1.93. The molecule has 0 N–H and O–H groups in total. The zero-order valence-electron chi connectivity index (χ0n) is 17.5. The molecule has 0 spiro atoms. The molecule has 0 radical (unpaired) electrons. The largest absolute Gasteiger partial charge is 0.488 e. The van der Waals surface area contributed by atoms with Crippen molar-refractivity contribution in [1.29, 1.82) is 0 Å². The van der Waals surface area contributed by atoms with Crippen LogP contribution in [0, 0.1) is 0 Å². The number of benzene rings is 3. The molecule has 1 aliphatic heterocycles. The molecule has 158 valence electrons. The molecule has 1 amide bonds. The van der Waals surface area contributed by atoms with Crippen LogP contribution in [0.25, 0.3) is 16.8 Å². The lowest BCUT2D eigenvalue weighted by Gasteiger charge is -2.13. The molecule has 0 bridgehead atoms. The van der Waals surface area contributed by atoms with E-state index in [1.807, 2.05) is 74.5 Å². The van der Waals surface area contributed by atoms with Crippen LogP contribution >= 0.6 is 23.4 Å². The molecule has 6 heteroatoms. The average molecular weight is 451 g/mol. The van der Waals surface area contributed by atoms with Gasteiger partial charge in [0.25, 0.3) is 5.91 Å². The van der Waals surface area contributed by atoms with Crippen molar-refractivity contribution >= 4 is 51.3 Å². The lowest BCUT2D eigenvalue weighted by atomic mass is 10.0. The molecule has 0 unspecified atom stereocenters. The number of amidine groups is 1. The highest BCUT2D eigenvalue weighted by Crippen LogP contribution is 2.37. The van der Waals surface area contributed by atoms with Gasteiger partial charge in [-0.2, -0.15) is 0 Å². The Bertz CT molecular complexity index is 1190. The van der Waals surface area contributed by atoms with E-state index < -0.39 is 0 Å². The highest BCUT2D eigenvalue weighted by Gasteiger charge is 2.32. The van der Waals surface area contributed by atoms with E-state index in [1.54, 1.807) is 4.90 Å². The second-order valence-electron chi connectivity index (χ2n) is 7.00. The van der Waals surface area contributed by atoms with Gasteiger partial charge in [0, 0.05) is 29.2 Å². The number of rotatable bonds is 6. The summed E-state index contributed by atoms with van der Waals surface area (Å²) in [6.45, 7) is 5.51. The van der Waals surface area contributed by atoms with E-state index >= 15 is 0 Å². The number of aliphatic imine (C=N–C) groups is 1. The number of ether oxygens (including phenoxy) is 1. The van der Waals surface area contributed by atoms with Crippen molar-refractivity contribution < 1.29 is 9.53 Å². The molecule has 1 fully saturated rings. The normalized spacial score (nSPS) is 16.6. The Morgan fingerprint density at radius 1 is 1.06 bits per heavy atom. The molecule has 1 heterocycles. The van der Waals surface area contributed by atoms with Crippen LogP contribution in [0.2, 0.25) is 5.02 Å². The number of hydrogen-bond acceptors (Lipinski definition) is 4. The molecule has 1 saturated heterocycles. The molecule has 0 saturated carbocycles. The number of amides is 1. The van der Waals surface area contributed by atoms with Crippen LogP contribution in [-0.4, -0.2) is 29.1 Å². The number of carbonyl (C=O) groups excluding carboxylic acids is 1. The summed E-state index contributed by atoms with van der Waals surface area (Å²) >= 11 is 7.72. The molecule has 3 aromatic carbocycles. The van der Waals surface area contributed by atoms with Crippen LogP contribution in [-0.2, 0) is 11.4 Å². The monoisotopic (exact) mass is 450 g/mol. The van der Waals surface area contributed by atoms with Gasteiger partial charge in [0.05, 0.1) is 4.91 Å². The molecule has 1 aliphatic rings. The Labute approximate surface area is 191 Å². The predicted molar refractivity (Wildman–Crippen MR) is 131 cm³/mol. The van der Waals surface area contributed by atoms with E-state index in [2.05, 4.69) is 11.1 Å². The third kappa shape index (κ3) is 4.48. The lowest BCUT2D eigenvalue weighted by molar-refractivity contribution is -0.122. The molecule has 31 heavy (non-hydrogen) atoms. The van der Waals surface area contributed by atoms with Gasteiger partial charge >= 0.3 is 0 Å². The zero-order chi connectivity index (χ0) is 21.8. The summed E-state index contributed by atoms with van der Waals surface area (Å²) in [4.78, 5) is 19.8. The molecule has 4 rings (SSSR count). The summed E-state index contributed by atoms with van der Waals surface area (Å²) in [5.41, 5.74) is 1.80.